The number of fused-ring (bicyclic) bond motifs is 1. The largest absolute Gasteiger partial charge is 0.315 e. The number of likely N-dealkylation sites (N-methyl/N-ethyl adjacent to an activating group) is 1. The maximum Gasteiger partial charge on any atom is 0.231 e. The van der Waals surface area contributed by atoms with Crippen LogP contribution in [0.5, 0.6) is 0 Å². The molecule has 1 N–H and O–H groups in total. The number of amides is 1. The third-order valence-electron chi connectivity index (χ3n) is 4.67. The summed E-state index contributed by atoms with van der Waals surface area (Å²) in [7, 11) is 1.86. The Morgan fingerprint density at radius 2 is 1.95 bits per heavy atom. The SMILES string of the molecule is CCCNC(c1ccc2c(c1)CC(=O)N2C)C(CC)CC. The van der Waals surface area contributed by atoms with E-state index in [1.54, 1.807) is 4.90 Å². The Morgan fingerprint density at radius 1 is 1.24 bits per heavy atom. The van der Waals surface area contributed by atoms with Crippen LogP contribution in [0.15, 0.2) is 18.2 Å². The Labute approximate surface area is 128 Å². The smallest absolute Gasteiger partial charge is 0.231 e. The molecule has 1 aromatic carbocycles. The third kappa shape index (κ3) is 3.29. The number of rotatable bonds is 7. The molecule has 0 fully saturated rings. The molecule has 1 aliphatic heterocycles. The zero-order valence-electron chi connectivity index (χ0n) is 13.8. The van der Waals surface area contributed by atoms with Gasteiger partial charge in [-0.3, -0.25) is 4.79 Å². The van der Waals surface area contributed by atoms with Crippen LogP contribution >= 0.6 is 0 Å². The summed E-state index contributed by atoms with van der Waals surface area (Å²) < 4.78 is 0. The van der Waals surface area contributed by atoms with Crippen LogP contribution in [0.2, 0.25) is 0 Å². The first kappa shape index (κ1) is 16.0. The van der Waals surface area contributed by atoms with Gasteiger partial charge in [-0.1, -0.05) is 45.7 Å². The average Bonchev–Trinajstić information content (AvgIpc) is 2.78. The van der Waals surface area contributed by atoms with Gasteiger partial charge in [0.2, 0.25) is 5.91 Å². The van der Waals surface area contributed by atoms with Gasteiger partial charge >= 0.3 is 0 Å². The van der Waals surface area contributed by atoms with Gasteiger partial charge in [0.1, 0.15) is 0 Å². The molecule has 0 radical (unpaired) electrons. The number of hydrogen-bond acceptors (Lipinski definition) is 2. The number of nitrogens with one attached hydrogen (secondary N) is 1. The van der Waals surface area contributed by atoms with Crippen LogP contribution in [0, 0.1) is 5.92 Å². The van der Waals surface area contributed by atoms with Gasteiger partial charge in [-0.15, -0.1) is 0 Å². The standard InChI is InChI=1S/C18H28N2O/c1-5-10-19-18(13(6-2)7-3)14-8-9-16-15(11-14)12-17(21)20(16)4/h8-9,11,13,18-19H,5-7,10,12H2,1-4H3. The molecule has 0 bridgehead atoms. The molecule has 0 saturated carbocycles. The van der Waals surface area contributed by atoms with Crippen molar-refractivity contribution in [1.29, 1.82) is 0 Å². The fourth-order valence-corrected chi connectivity index (χ4v) is 3.30. The normalized spacial score (nSPS) is 15.7. The fourth-order valence-electron chi connectivity index (χ4n) is 3.30. The lowest BCUT2D eigenvalue weighted by Gasteiger charge is -2.27. The molecule has 116 valence electrons. The minimum Gasteiger partial charge on any atom is -0.315 e. The molecule has 2 rings (SSSR count). The van der Waals surface area contributed by atoms with Crippen molar-refractivity contribution < 1.29 is 4.79 Å². The van der Waals surface area contributed by atoms with Gasteiger partial charge in [0.15, 0.2) is 0 Å². The third-order valence-corrected chi connectivity index (χ3v) is 4.67. The van der Waals surface area contributed by atoms with Crippen molar-refractivity contribution in [1.82, 2.24) is 5.32 Å². The number of benzene rings is 1. The number of carbonyl (C=O) groups excluding carboxylic acids is 1. The molecular weight excluding hydrogens is 260 g/mol. The van der Waals surface area contributed by atoms with Crippen LogP contribution in [-0.4, -0.2) is 19.5 Å². The molecule has 1 amide bonds. The monoisotopic (exact) mass is 288 g/mol. The first-order valence-corrected chi connectivity index (χ1v) is 8.25. The summed E-state index contributed by atoms with van der Waals surface area (Å²) in [6.45, 7) is 7.77. The second kappa shape index (κ2) is 7.08. The minimum atomic E-state index is 0.197. The van der Waals surface area contributed by atoms with Crippen molar-refractivity contribution in [3.8, 4) is 0 Å². The van der Waals surface area contributed by atoms with Crippen LogP contribution in [0.3, 0.4) is 0 Å². The highest BCUT2D eigenvalue weighted by molar-refractivity contribution is 6.00. The van der Waals surface area contributed by atoms with Gasteiger partial charge in [0.05, 0.1) is 6.42 Å². The van der Waals surface area contributed by atoms with Gasteiger partial charge in [0, 0.05) is 18.8 Å². The van der Waals surface area contributed by atoms with E-state index in [9.17, 15) is 4.79 Å². The summed E-state index contributed by atoms with van der Waals surface area (Å²) in [6, 6.07) is 6.94. The summed E-state index contributed by atoms with van der Waals surface area (Å²) in [5, 5.41) is 3.70. The molecule has 3 nitrogen and oxygen atoms in total. The molecule has 3 heteroatoms. The highest BCUT2D eigenvalue weighted by atomic mass is 16.2. The number of hydrogen-bond donors (Lipinski definition) is 1. The summed E-state index contributed by atoms with van der Waals surface area (Å²) in [4.78, 5) is 13.6. The average molecular weight is 288 g/mol. The second-order valence-corrected chi connectivity index (χ2v) is 6.03. The van der Waals surface area contributed by atoms with Gasteiger partial charge in [-0.05, 0) is 36.1 Å². The Morgan fingerprint density at radius 3 is 2.57 bits per heavy atom. The molecule has 1 aromatic rings. The van der Waals surface area contributed by atoms with Crippen molar-refractivity contribution in [2.24, 2.45) is 5.92 Å². The number of carbonyl (C=O) groups is 1. The van der Waals surface area contributed by atoms with Crippen molar-refractivity contribution in [3.05, 3.63) is 29.3 Å². The van der Waals surface area contributed by atoms with E-state index in [0.717, 1.165) is 18.7 Å². The molecule has 1 aliphatic rings. The van der Waals surface area contributed by atoms with E-state index in [2.05, 4.69) is 44.3 Å². The van der Waals surface area contributed by atoms with Gasteiger partial charge in [-0.25, -0.2) is 0 Å². The molecule has 1 atom stereocenters. The van der Waals surface area contributed by atoms with E-state index in [1.165, 1.54) is 24.0 Å². The highest BCUT2D eigenvalue weighted by Gasteiger charge is 2.26. The molecule has 0 aromatic heterocycles. The summed E-state index contributed by atoms with van der Waals surface area (Å²) in [5.74, 6) is 0.840. The lowest BCUT2D eigenvalue weighted by Crippen LogP contribution is -2.28. The number of anilines is 1. The molecule has 21 heavy (non-hydrogen) atoms. The van der Waals surface area contributed by atoms with Crippen LogP contribution in [-0.2, 0) is 11.2 Å². The van der Waals surface area contributed by atoms with Gasteiger partial charge in [-0.2, -0.15) is 0 Å². The highest BCUT2D eigenvalue weighted by Crippen LogP contribution is 2.33. The predicted octanol–water partition coefficient (Wildman–Crippen LogP) is 3.68. The first-order chi connectivity index (χ1) is 10.1. The fraction of sp³-hybridized carbons (Fsp3) is 0.611. The molecule has 0 saturated heterocycles. The Kier molecular flexibility index (Phi) is 5.40. The van der Waals surface area contributed by atoms with E-state index in [0.29, 0.717) is 18.4 Å². The Balaban J connectivity index is 2.28. The predicted molar refractivity (Wildman–Crippen MR) is 88.7 cm³/mol. The van der Waals surface area contributed by atoms with E-state index >= 15 is 0 Å². The maximum atomic E-state index is 11.8. The second-order valence-electron chi connectivity index (χ2n) is 6.03. The summed E-state index contributed by atoms with van der Waals surface area (Å²) >= 11 is 0. The first-order valence-electron chi connectivity index (χ1n) is 8.25. The molecule has 0 spiro atoms. The van der Waals surface area contributed by atoms with E-state index in [1.807, 2.05) is 7.05 Å². The van der Waals surface area contributed by atoms with Crippen LogP contribution < -0.4 is 10.2 Å². The Hall–Kier alpha value is -1.35. The Bertz CT molecular complexity index is 494. The quantitative estimate of drug-likeness (QED) is 0.830. The van der Waals surface area contributed by atoms with Crippen LogP contribution in [0.25, 0.3) is 0 Å². The summed E-state index contributed by atoms with van der Waals surface area (Å²) in [5.41, 5.74) is 3.58. The van der Waals surface area contributed by atoms with Crippen molar-refractivity contribution in [2.75, 3.05) is 18.5 Å². The zero-order valence-corrected chi connectivity index (χ0v) is 13.8. The number of nitrogens with zero attached hydrogens (tertiary/aromatic N) is 1. The van der Waals surface area contributed by atoms with E-state index < -0.39 is 0 Å². The lowest BCUT2D eigenvalue weighted by molar-refractivity contribution is -0.117. The lowest BCUT2D eigenvalue weighted by atomic mass is 9.87. The maximum absolute atomic E-state index is 11.8. The molecule has 0 aliphatic carbocycles. The van der Waals surface area contributed by atoms with Crippen molar-refractivity contribution in [2.45, 2.75) is 52.5 Å². The van der Waals surface area contributed by atoms with Gasteiger partial charge in [0.25, 0.3) is 0 Å². The molecule has 1 unspecified atom stereocenters. The van der Waals surface area contributed by atoms with E-state index in [-0.39, 0.29) is 5.91 Å². The van der Waals surface area contributed by atoms with E-state index in [4.69, 9.17) is 0 Å². The minimum absolute atomic E-state index is 0.197. The molecule has 1 heterocycles. The summed E-state index contributed by atoms with van der Waals surface area (Å²) in [6.07, 6.45) is 4.04. The van der Waals surface area contributed by atoms with Gasteiger partial charge < -0.3 is 10.2 Å². The van der Waals surface area contributed by atoms with Crippen LogP contribution in [0.4, 0.5) is 5.69 Å². The molecular formula is C18H28N2O. The van der Waals surface area contributed by atoms with Crippen molar-refractivity contribution >= 4 is 11.6 Å². The van der Waals surface area contributed by atoms with Crippen LogP contribution in [0.1, 0.15) is 57.2 Å². The zero-order chi connectivity index (χ0) is 15.4. The topological polar surface area (TPSA) is 32.3 Å². The van der Waals surface area contributed by atoms with Crippen molar-refractivity contribution in [3.63, 3.8) is 0 Å².